The molecule has 1 saturated carbocycles. The third kappa shape index (κ3) is 4.57. The van der Waals surface area contributed by atoms with Crippen LogP contribution >= 0.6 is 0 Å². The Morgan fingerprint density at radius 1 is 1.12 bits per heavy atom. The smallest absolute Gasteiger partial charge is 0.0855 e. The topological polar surface area (TPSA) is 44.5 Å². The highest BCUT2D eigenvalue weighted by Crippen LogP contribution is 2.33. The van der Waals surface area contributed by atoms with Crippen molar-refractivity contribution >= 4 is 0 Å². The van der Waals surface area contributed by atoms with Crippen LogP contribution in [0.1, 0.15) is 59.3 Å². The lowest BCUT2D eigenvalue weighted by Gasteiger charge is -2.38. The van der Waals surface area contributed by atoms with E-state index >= 15 is 0 Å². The van der Waals surface area contributed by atoms with E-state index in [2.05, 4.69) is 6.92 Å². The minimum atomic E-state index is -0.139. The van der Waals surface area contributed by atoms with Crippen LogP contribution in [-0.2, 0) is 9.47 Å². The second-order valence-electron chi connectivity index (χ2n) is 5.40. The van der Waals surface area contributed by atoms with Crippen molar-refractivity contribution < 1.29 is 9.47 Å². The number of hydrogen-bond donors (Lipinski definition) is 1. The molecule has 2 N–H and O–H groups in total. The molecule has 0 heterocycles. The highest BCUT2D eigenvalue weighted by molar-refractivity contribution is 4.93. The minimum Gasteiger partial charge on any atom is -0.377 e. The summed E-state index contributed by atoms with van der Waals surface area (Å²) in [5, 5.41) is 0. The highest BCUT2D eigenvalue weighted by atomic mass is 16.5. The first-order valence-corrected chi connectivity index (χ1v) is 7.12. The fraction of sp³-hybridized carbons (Fsp3) is 1.00. The van der Waals surface area contributed by atoms with Gasteiger partial charge in [0.25, 0.3) is 0 Å². The van der Waals surface area contributed by atoms with E-state index in [0.29, 0.717) is 6.61 Å². The van der Waals surface area contributed by atoms with Crippen LogP contribution < -0.4 is 5.73 Å². The Balaban J connectivity index is 2.60. The van der Waals surface area contributed by atoms with Crippen LogP contribution in [0.25, 0.3) is 0 Å². The molecular formula is C14H29NO2. The highest BCUT2D eigenvalue weighted by Gasteiger charge is 2.37. The van der Waals surface area contributed by atoms with Gasteiger partial charge in [0.05, 0.1) is 24.4 Å². The van der Waals surface area contributed by atoms with Gasteiger partial charge in [-0.15, -0.1) is 0 Å². The predicted octanol–water partition coefficient (Wildman–Crippen LogP) is 2.87. The van der Waals surface area contributed by atoms with E-state index in [-0.39, 0.29) is 17.7 Å². The maximum absolute atomic E-state index is 6.34. The van der Waals surface area contributed by atoms with E-state index < -0.39 is 0 Å². The molecule has 1 aliphatic rings. The van der Waals surface area contributed by atoms with Crippen molar-refractivity contribution in [3.63, 3.8) is 0 Å². The van der Waals surface area contributed by atoms with Crippen LogP contribution in [-0.4, -0.2) is 31.0 Å². The van der Waals surface area contributed by atoms with Crippen LogP contribution in [0.3, 0.4) is 0 Å². The van der Waals surface area contributed by atoms with E-state index in [1.165, 1.54) is 25.7 Å². The third-order valence-corrected chi connectivity index (χ3v) is 3.67. The van der Waals surface area contributed by atoms with Gasteiger partial charge in [-0.3, -0.25) is 0 Å². The molecule has 0 amide bonds. The van der Waals surface area contributed by atoms with Gasteiger partial charge in [-0.2, -0.15) is 0 Å². The Morgan fingerprint density at radius 3 is 2.18 bits per heavy atom. The van der Waals surface area contributed by atoms with Gasteiger partial charge in [0.15, 0.2) is 0 Å². The molecule has 0 aromatic carbocycles. The molecule has 102 valence electrons. The molecule has 3 nitrogen and oxygen atoms in total. The fourth-order valence-corrected chi connectivity index (χ4v) is 2.68. The van der Waals surface area contributed by atoms with E-state index in [9.17, 15) is 0 Å². The SMILES string of the molecule is CCOC1(C(N)COC(C)C)CCCCCC1. The maximum atomic E-state index is 6.34. The molecule has 3 heteroatoms. The van der Waals surface area contributed by atoms with Crippen molar-refractivity contribution in [2.75, 3.05) is 13.2 Å². The standard InChI is InChI=1S/C14H29NO2/c1-4-17-14(9-7-5-6-8-10-14)13(15)11-16-12(2)3/h12-13H,4-11,15H2,1-3H3. The zero-order chi connectivity index (χ0) is 12.7. The van der Waals surface area contributed by atoms with E-state index in [0.717, 1.165) is 19.4 Å². The molecule has 1 rings (SSSR count). The molecule has 0 aromatic rings. The number of ether oxygens (including phenoxy) is 2. The molecule has 0 aliphatic heterocycles. The predicted molar refractivity (Wildman–Crippen MR) is 71.1 cm³/mol. The van der Waals surface area contributed by atoms with E-state index in [1.807, 2.05) is 13.8 Å². The van der Waals surface area contributed by atoms with Crippen LogP contribution in [0.5, 0.6) is 0 Å². The van der Waals surface area contributed by atoms with Crippen molar-refractivity contribution in [2.24, 2.45) is 5.73 Å². The Kier molecular flexibility index (Phi) is 6.45. The lowest BCUT2D eigenvalue weighted by molar-refractivity contribution is -0.0894. The molecule has 0 radical (unpaired) electrons. The number of hydrogen-bond acceptors (Lipinski definition) is 3. The molecule has 0 saturated heterocycles. The van der Waals surface area contributed by atoms with Crippen molar-refractivity contribution in [2.45, 2.75) is 77.0 Å². The average Bonchev–Trinajstić information content (AvgIpc) is 2.53. The average molecular weight is 243 g/mol. The summed E-state index contributed by atoms with van der Waals surface area (Å²) < 4.78 is 11.7. The second kappa shape index (κ2) is 7.34. The summed E-state index contributed by atoms with van der Waals surface area (Å²) >= 11 is 0. The summed E-state index contributed by atoms with van der Waals surface area (Å²) in [5.74, 6) is 0. The quantitative estimate of drug-likeness (QED) is 0.730. The number of nitrogens with two attached hydrogens (primary N) is 1. The van der Waals surface area contributed by atoms with Gasteiger partial charge >= 0.3 is 0 Å². The first kappa shape index (κ1) is 14.9. The second-order valence-corrected chi connectivity index (χ2v) is 5.40. The van der Waals surface area contributed by atoms with Gasteiger partial charge in [-0.1, -0.05) is 25.7 Å². The summed E-state index contributed by atoms with van der Waals surface area (Å²) in [6.07, 6.45) is 7.50. The first-order valence-electron chi connectivity index (χ1n) is 7.12. The van der Waals surface area contributed by atoms with Gasteiger partial charge in [-0.25, -0.2) is 0 Å². The largest absolute Gasteiger partial charge is 0.377 e. The summed E-state index contributed by atoms with van der Waals surface area (Å²) in [5.41, 5.74) is 6.20. The molecule has 1 atom stereocenters. The van der Waals surface area contributed by atoms with E-state index in [4.69, 9.17) is 15.2 Å². The van der Waals surface area contributed by atoms with Gasteiger partial charge in [0, 0.05) is 6.61 Å². The lowest BCUT2D eigenvalue weighted by Crippen LogP contribution is -2.52. The first-order chi connectivity index (χ1) is 8.10. The molecule has 17 heavy (non-hydrogen) atoms. The molecule has 1 fully saturated rings. The Bertz CT molecular complexity index is 198. The monoisotopic (exact) mass is 243 g/mol. The number of rotatable bonds is 6. The van der Waals surface area contributed by atoms with Crippen LogP contribution in [0.4, 0.5) is 0 Å². The molecular weight excluding hydrogens is 214 g/mol. The van der Waals surface area contributed by atoms with Crippen LogP contribution in [0.15, 0.2) is 0 Å². The summed E-state index contributed by atoms with van der Waals surface area (Å²) in [7, 11) is 0. The Morgan fingerprint density at radius 2 is 1.71 bits per heavy atom. The van der Waals surface area contributed by atoms with Crippen LogP contribution in [0.2, 0.25) is 0 Å². The van der Waals surface area contributed by atoms with Crippen molar-refractivity contribution in [1.82, 2.24) is 0 Å². The maximum Gasteiger partial charge on any atom is 0.0855 e. The van der Waals surface area contributed by atoms with Crippen molar-refractivity contribution in [1.29, 1.82) is 0 Å². The fourth-order valence-electron chi connectivity index (χ4n) is 2.68. The van der Waals surface area contributed by atoms with Gasteiger partial charge in [0.2, 0.25) is 0 Å². The molecule has 1 unspecified atom stereocenters. The normalized spacial score (nSPS) is 22.4. The molecule has 1 aliphatic carbocycles. The summed E-state index contributed by atoms with van der Waals surface area (Å²) in [6.45, 7) is 7.51. The molecule has 0 bridgehead atoms. The zero-order valence-electron chi connectivity index (χ0n) is 11.7. The third-order valence-electron chi connectivity index (χ3n) is 3.67. The minimum absolute atomic E-state index is 0.00273. The summed E-state index contributed by atoms with van der Waals surface area (Å²) in [6, 6.07) is 0.00273. The van der Waals surface area contributed by atoms with Crippen LogP contribution in [0, 0.1) is 0 Å². The summed E-state index contributed by atoms with van der Waals surface area (Å²) in [4.78, 5) is 0. The Labute approximate surface area is 106 Å². The van der Waals surface area contributed by atoms with Gasteiger partial charge in [-0.05, 0) is 33.6 Å². The van der Waals surface area contributed by atoms with Gasteiger partial charge in [0.1, 0.15) is 0 Å². The lowest BCUT2D eigenvalue weighted by atomic mass is 9.87. The van der Waals surface area contributed by atoms with Crippen molar-refractivity contribution in [3.05, 3.63) is 0 Å². The zero-order valence-corrected chi connectivity index (χ0v) is 11.7. The van der Waals surface area contributed by atoms with Crippen molar-refractivity contribution in [3.8, 4) is 0 Å². The molecule has 0 spiro atoms. The molecule has 0 aromatic heterocycles. The Hall–Kier alpha value is -0.120. The van der Waals surface area contributed by atoms with E-state index in [1.54, 1.807) is 0 Å². The van der Waals surface area contributed by atoms with Gasteiger partial charge < -0.3 is 15.2 Å².